The lowest BCUT2D eigenvalue weighted by atomic mass is 9.67. The highest BCUT2D eigenvalue weighted by atomic mass is 16.3. The predicted octanol–water partition coefficient (Wildman–Crippen LogP) is 15.0. The van der Waals surface area contributed by atoms with Gasteiger partial charge in [0, 0.05) is 32.9 Å². The van der Waals surface area contributed by atoms with Crippen LogP contribution < -0.4 is 4.90 Å². The van der Waals surface area contributed by atoms with E-state index in [1.54, 1.807) is 0 Å². The van der Waals surface area contributed by atoms with Crippen molar-refractivity contribution in [2.45, 2.75) is 5.41 Å². The van der Waals surface area contributed by atoms with Crippen molar-refractivity contribution in [3.8, 4) is 22.3 Å². The zero-order chi connectivity index (χ0) is 38.2. The first-order valence-corrected chi connectivity index (χ1v) is 19.8. The molecule has 272 valence electrons. The first kappa shape index (κ1) is 32.6. The Kier molecular flexibility index (Phi) is 7.14. The Morgan fingerprint density at radius 3 is 1.76 bits per heavy atom. The van der Waals surface area contributed by atoms with Crippen LogP contribution in [0.15, 0.2) is 221 Å². The van der Waals surface area contributed by atoms with E-state index in [9.17, 15) is 0 Å². The Morgan fingerprint density at radius 1 is 0.345 bits per heavy atom. The number of anilines is 3. The van der Waals surface area contributed by atoms with Crippen LogP contribution in [0.4, 0.5) is 17.1 Å². The van der Waals surface area contributed by atoms with Crippen LogP contribution in [0.3, 0.4) is 0 Å². The molecule has 3 heteroatoms. The van der Waals surface area contributed by atoms with Crippen LogP contribution in [0.5, 0.6) is 0 Å². The standard InChI is InChI=1S/C55H35NO2/c1-3-14-36(15-4-1)37-26-29-40(30-27-37)56(50-23-13-21-47-45-20-9-12-25-52(45)58-54(47)50)41-31-33-43-42-18-7-10-22-48(42)55(49(43)35-41,38-16-5-2-6-17-38)39-28-32-46-44-19-8-11-24-51(44)57-53(46)34-39/h1-35H. The molecule has 0 amide bonds. The molecule has 2 aromatic heterocycles. The monoisotopic (exact) mass is 741 g/mol. The summed E-state index contributed by atoms with van der Waals surface area (Å²) in [6, 6.07) is 76.3. The molecule has 0 bridgehead atoms. The SMILES string of the molecule is c1ccc(-c2ccc(N(c3ccc4c(c3)C(c3ccccc3)(c3ccc5c(c3)oc3ccccc35)c3ccccc3-4)c3cccc4c3oc3ccccc34)cc2)cc1. The number of rotatable bonds is 6. The van der Waals surface area contributed by atoms with Crippen LogP contribution >= 0.6 is 0 Å². The lowest BCUT2D eigenvalue weighted by molar-refractivity contribution is 0.665. The maximum absolute atomic E-state index is 6.74. The highest BCUT2D eigenvalue weighted by Gasteiger charge is 2.46. The predicted molar refractivity (Wildman–Crippen MR) is 238 cm³/mol. The fourth-order valence-corrected chi connectivity index (χ4v) is 9.61. The van der Waals surface area contributed by atoms with Gasteiger partial charge in [-0.05, 0) is 93.0 Å². The van der Waals surface area contributed by atoms with Gasteiger partial charge in [0.1, 0.15) is 16.7 Å². The van der Waals surface area contributed by atoms with Crippen LogP contribution in [-0.2, 0) is 5.41 Å². The summed E-state index contributed by atoms with van der Waals surface area (Å²) in [5, 5.41) is 4.44. The molecular formula is C55H35NO2. The third-order valence-corrected chi connectivity index (χ3v) is 12.2. The number of nitrogens with zero attached hydrogens (tertiary/aromatic N) is 1. The number of hydrogen-bond acceptors (Lipinski definition) is 3. The zero-order valence-corrected chi connectivity index (χ0v) is 31.5. The topological polar surface area (TPSA) is 29.5 Å². The van der Waals surface area contributed by atoms with E-state index in [2.05, 4.69) is 205 Å². The fraction of sp³-hybridized carbons (Fsp3) is 0.0182. The third kappa shape index (κ3) is 4.74. The maximum Gasteiger partial charge on any atom is 0.159 e. The van der Waals surface area contributed by atoms with Crippen molar-refractivity contribution in [2.75, 3.05) is 4.90 Å². The van der Waals surface area contributed by atoms with Gasteiger partial charge in [-0.15, -0.1) is 0 Å². The quantitative estimate of drug-likeness (QED) is 0.170. The van der Waals surface area contributed by atoms with Gasteiger partial charge in [-0.1, -0.05) is 164 Å². The van der Waals surface area contributed by atoms with E-state index in [0.29, 0.717) is 0 Å². The summed E-state index contributed by atoms with van der Waals surface area (Å²) in [4.78, 5) is 2.36. The summed E-state index contributed by atoms with van der Waals surface area (Å²) in [6.07, 6.45) is 0. The molecule has 58 heavy (non-hydrogen) atoms. The van der Waals surface area contributed by atoms with Gasteiger partial charge in [0.05, 0.1) is 11.1 Å². The molecule has 1 atom stereocenters. The molecule has 12 rings (SSSR count). The Balaban J connectivity index is 1.13. The van der Waals surface area contributed by atoms with Crippen LogP contribution in [-0.4, -0.2) is 0 Å². The molecule has 3 nitrogen and oxygen atoms in total. The van der Waals surface area contributed by atoms with Crippen molar-refractivity contribution >= 4 is 60.9 Å². The molecule has 0 fully saturated rings. The minimum absolute atomic E-state index is 0.634. The molecule has 11 aromatic rings. The molecule has 1 aliphatic rings. The molecular weight excluding hydrogens is 707 g/mol. The first-order valence-electron chi connectivity index (χ1n) is 19.8. The Labute approximate surface area is 335 Å². The molecule has 0 aliphatic heterocycles. The summed E-state index contributed by atoms with van der Waals surface area (Å²) >= 11 is 0. The molecule has 0 N–H and O–H groups in total. The Bertz CT molecular complexity index is 3340. The van der Waals surface area contributed by atoms with Crippen molar-refractivity contribution in [1.82, 2.24) is 0 Å². The second-order valence-corrected chi connectivity index (χ2v) is 15.2. The smallest absolute Gasteiger partial charge is 0.159 e. The Morgan fingerprint density at radius 2 is 0.948 bits per heavy atom. The van der Waals surface area contributed by atoms with Crippen LogP contribution in [0, 0.1) is 0 Å². The van der Waals surface area contributed by atoms with Gasteiger partial charge in [-0.25, -0.2) is 0 Å². The van der Waals surface area contributed by atoms with E-state index in [0.717, 1.165) is 66.5 Å². The highest BCUT2D eigenvalue weighted by Crippen LogP contribution is 2.58. The van der Waals surface area contributed by atoms with Crippen LogP contribution in [0.2, 0.25) is 0 Å². The number of fused-ring (bicyclic) bond motifs is 9. The maximum atomic E-state index is 6.74. The lowest BCUT2D eigenvalue weighted by Crippen LogP contribution is -2.28. The fourth-order valence-electron chi connectivity index (χ4n) is 9.61. The molecule has 1 aliphatic carbocycles. The van der Waals surface area contributed by atoms with E-state index in [1.807, 2.05) is 12.1 Å². The molecule has 0 saturated heterocycles. The van der Waals surface area contributed by atoms with Gasteiger partial charge in [0.15, 0.2) is 5.58 Å². The number of furan rings is 2. The summed E-state index contributed by atoms with van der Waals surface area (Å²) in [5.74, 6) is 0. The molecule has 0 saturated carbocycles. The average molecular weight is 742 g/mol. The van der Waals surface area contributed by atoms with Crippen molar-refractivity contribution in [1.29, 1.82) is 0 Å². The van der Waals surface area contributed by atoms with Gasteiger partial charge in [-0.2, -0.15) is 0 Å². The minimum atomic E-state index is -0.634. The van der Waals surface area contributed by atoms with Gasteiger partial charge in [0.2, 0.25) is 0 Å². The van der Waals surface area contributed by atoms with Crippen molar-refractivity contribution in [3.63, 3.8) is 0 Å². The summed E-state index contributed by atoms with van der Waals surface area (Å²) in [7, 11) is 0. The van der Waals surface area contributed by atoms with E-state index in [4.69, 9.17) is 8.83 Å². The minimum Gasteiger partial charge on any atom is -0.456 e. The molecule has 0 radical (unpaired) electrons. The summed E-state index contributed by atoms with van der Waals surface area (Å²) in [5.41, 5.74) is 15.6. The third-order valence-electron chi connectivity index (χ3n) is 12.2. The first-order chi connectivity index (χ1) is 28.8. The van der Waals surface area contributed by atoms with E-state index in [1.165, 1.54) is 38.9 Å². The molecule has 9 aromatic carbocycles. The van der Waals surface area contributed by atoms with Gasteiger partial charge < -0.3 is 13.7 Å². The molecule has 1 unspecified atom stereocenters. The largest absolute Gasteiger partial charge is 0.456 e. The summed E-state index contributed by atoms with van der Waals surface area (Å²) in [6.45, 7) is 0. The van der Waals surface area contributed by atoms with Crippen molar-refractivity contribution < 1.29 is 8.83 Å². The average Bonchev–Trinajstić information content (AvgIpc) is 3.96. The van der Waals surface area contributed by atoms with Crippen LogP contribution in [0.1, 0.15) is 22.3 Å². The van der Waals surface area contributed by atoms with Gasteiger partial charge >= 0.3 is 0 Å². The van der Waals surface area contributed by atoms with Gasteiger partial charge in [0.25, 0.3) is 0 Å². The zero-order valence-electron chi connectivity index (χ0n) is 31.5. The van der Waals surface area contributed by atoms with Gasteiger partial charge in [-0.3, -0.25) is 0 Å². The molecule has 2 heterocycles. The Hall–Kier alpha value is -7.62. The summed E-state index contributed by atoms with van der Waals surface area (Å²) < 4.78 is 13.3. The normalized spacial score (nSPS) is 14.6. The second kappa shape index (κ2) is 12.7. The van der Waals surface area contributed by atoms with Crippen molar-refractivity contribution in [2.24, 2.45) is 0 Å². The number of para-hydroxylation sites is 3. The van der Waals surface area contributed by atoms with E-state index < -0.39 is 5.41 Å². The van der Waals surface area contributed by atoms with E-state index in [-0.39, 0.29) is 0 Å². The van der Waals surface area contributed by atoms with E-state index >= 15 is 0 Å². The highest BCUT2D eigenvalue weighted by molar-refractivity contribution is 6.10. The molecule has 0 spiro atoms. The van der Waals surface area contributed by atoms with Crippen molar-refractivity contribution in [3.05, 3.63) is 235 Å². The van der Waals surface area contributed by atoms with Crippen LogP contribution in [0.25, 0.3) is 66.1 Å². The second-order valence-electron chi connectivity index (χ2n) is 15.2. The lowest BCUT2D eigenvalue weighted by Gasteiger charge is -2.35. The number of hydrogen-bond donors (Lipinski definition) is 0. The number of benzene rings is 9.